The average Bonchev–Trinajstić information content (AvgIpc) is 2.18. The first-order chi connectivity index (χ1) is 6.33. The largest absolute Gasteiger partial charge is 0.495 e. The summed E-state index contributed by atoms with van der Waals surface area (Å²) in [6.45, 7) is 0. The van der Waals surface area contributed by atoms with E-state index in [1.807, 2.05) is 0 Å². The van der Waals surface area contributed by atoms with Crippen LogP contribution in [0, 0.1) is 0 Å². The predicted octanol–water partition coefficient (Wildman–Crippen LogP) is 1.57. The molecule has 0 spiro atoms. The minimum Gasteiger partial charge on any atom is -0.495 e. The molecule has 0 unspecified atom stereocenters. The van der Waals surface area contributed by atoms with Crippen LogP contribution in [0.1, 0.15) is 5.56 Å². The van der Waals surface area contributed by atoms with Gasteiger partial charge in [-0.3, -0.25) is 4.98 Å². The van der Waals surface area contributed by atoms with Crippen LogP contribution in [0.2, 0.25) is 0 Å². The fourth-order valence-corrected chi connectivity index (χ4v) is 1.38. The highest BCUT2D eigenvalue weighted by molar-refractivity contribution is 7.80. The summed E-state index contributed by atoms with van der Waals surface area (Å²) in [5, 5.41) is 0. The fraction of sp³-hybridized carbons (Fsp3) is 0.444. The van der Waals surface area contributed by atoms with Crippen molar-refractivity contribution in [3.8, 4) is 11.5 Å². The Bertz CT molecular complexity index is 256. The van der Waals surface area contributed by atoms with Crippen molar-refractivity contribution in [2.45, 2.75) is 6.42 Å². The number of pyridine rings is 1. The Balaban J connectivity index is 3.05. The smallest absolute Gasteiger partial charge is 0.144 e. The fourth-order valence-electron chi connectivity index (χ4n) is 1.16. The molecule has 0 amide bonds. The Hall–Kier alpha value is -0.900. The van der Waals surface area contributed by atoms with E-state index in [0.29, 0.717) is 0 Å². The highest BCUT2D eigenvalue weighted by Gasteiger charge is 2.08. The lowest BCUT2D eigenvalue weighted by Gasteiger charge is -2.10. The van der Waals surface area contributed by atoms with Crippen LogP contribution >= 0.6 is 12.6 Å². The van der Waals surface area contributed by atoms with Gasteiger partial charge in [-0.15, -0.1) is 0 Å². The highest BCUT2D eigenvalue weighted by atomic mass is 32.1. The van der Waals surface area contributed by atoms with Gasteiger partial charge < -0.3 is 9.47 Å². The standard InChI is InChI=1S/C9H13NO2S/c1-11-8-5-10-6-9(12-2)7(8)3-4-13/h5-6,13H,3-4H2,1-2H3. The lowest BCUT2D eigenvalue weighted by molar-refractivity contribution is 0.383. The van der Waals surface area contributed by atoms with Gasteiger partial charge >= 0.3 is 0 Å². The van der Waals surface area contributed by atoms with Crippen LogP contribution in [-0.4, -0.2) is 25.0 Å². The lowest BCUT2D eigenvalue weighted by atomic mass is 10.2. The second kappa shape index (κ2) is 4.97. The molecule has 3 nitrogen and oxygen atoms in total. The van der Waals surface area contributed by atoms with E-state index >= 15 is 0 Å². The van der Waals surface area contributed by atoms with Gasteiger partial charge in [-0.2, -0.15) is 12.6 Å². The van der Waals surface area contributed by atoms with E-state index in [4.69, 9.17) is 9.47 Å². The summed E-state index contributed by atoms with van der Waals surface area (Å²) in [4.78, 5) is 3.99. The first kappa shape index (κ1) is 10.2. The van der Waals surface area contributed by atoms with Crippen LogP contribution in [-0.2, 0) is 6.42 Å². The molecule has 1 rings (SSSR count). The number of hydrogen-bond acceptors (Lipinski definition) is 4. The minimum absolute atomic E-state index is 0.758. The molecular formula is C9H13NO2S. The van der Waals surface area contributed by atoms with Crippen molar-refractivity contribution in [3.05, 3.63) is 18.0 Å². The highest BCUT2D eigenvalue weighted by Crippen LogP contribution is 2.27. The van der Waals surface area contributed by atoms with Crippen molar-refractivity contribution in [3.63, 3.8) is 0 Å². The maximum absolute atomic E-state index is 5.16. The van der Waals surface area contributed by atoms with E-state index in [2.05, 4.69) is 17.6 Å². The maximum Gasteiger partial charge on any atom is 0.144 e. The third-order valence-corrected chi connectivity index (χ3v) is 2.00. The minimum atomic E-state index is 0.758. The van der Waals surface area contributed by atoms with Crippen molar-refractivity contribution in [2.24, 2.45) is 0 Å². The second-order valence-corrected chi connectivity index (χ2v) is 2.94. The van der Waals surface area contributed by atoms with E-state index in [1.54, 1.807) is 26.6 Å². The van der Waals surface area contributed by atoms with Gasteiger partial charge in [0.25, 0.3) is 0 Å². The van der Waals surface area contributed by atoms with Crippen LogP contribution < -0.4 is 9.47 Å². The van der Waals surface area contributed by atoms with E-state index < -0.39 is 0 Å². The molecule has 0 aliphatic rings. The molecule has 0 atom stereocenters. The molecule has 0 N–H and O–H groups in total. The molecule has 1 aromatic heterocycles. The molecule has 0 radical (unpaired) electrons. The number of thiol groups is 1. The Labute approximate surface area is 83.5 Å². The van der Waals surface area contributed by atoms with Crippen molar-refractivity contribution in [1.82, 2.24) is 4.98 Å². The molecular weight excluding hydrogens is 186 g/mol. The van der Waals surface area contributed by atoms with Gasteiger partial charge in [-0.05, 0) is 12.2 Å². The van der Waals surface area contributed by atoms with Crippen LogP contribution in [0.15, 0.2) is 12.4 Å². The number of rotatable bonds is 4. The zero-order valence-corrected chi connectivity index (χ0v) is 8.67. The molecule has 0 aliphatic carbocycles. The van der Waals surface area contributed by atoms with Crippen molar-refractivity contribution in [1.29, 1.82) is 0 Å². The van der Waals surface area contributed by atoms with Crippen molar-refractivity contribution < 1.29 is 9.47 Å². The summed E-state index contributed by atoms with van der Waals surface area (Å²) >= 11 is 4.17. The first-order valence-corrected chi connectivity index (χ1v) is 4.62. The SMILES string of the molecule is COc1cncc(OC)c1CCS. The maximum atomic E-state index is 5.16. The molecule has 1 aromatic rings. The normalized spacial score (nSPS) is 9.77. The summed E-state index contributed by atoms with van der Waals surface area (Å²) in [5.74, 6) is 2.28. The molecule has 0 bridgehead atoms. The van der Waals surface area contributed by atoms with Crippen LogP contribution in [0.5, 0.6) is 11.5 Å². The molecule has 0 fully saturated rings. The summed E-state index contributed by atoms with van der Waals surface area (Å²) in [6, 6.07) is 0. The zero-order chi connectivity index (χ0) is 9.68. The predicted molar refractivity (Wildman–Crippen MR) is 54.9 cm³/mol. The Morgan fingerprint density at radius 1 is 1.23 bits per heavy atom. The van der Waals surface area contributed by atoms with Crippen molar-refractivity contribution >= 4 is 12.6 Å². The average molecular weight is 199 g/mol. The number of nitrogens with zero attached hydrogens (tertiary/aromatic N) is 1. The summed E-state index contributed by atoms with van der Waals surface area (Å²) in [6.07, 6.45) is 4.18. The van der Waals surface area contributed by atoms with Gasteiger partial charge in [0.2, 0.25) is 0 Å². The number of ether oxygens (including phenoxy) is 2. The lowest BCUT2D eigenvalue weighted by Crippen LogP contribution is -1.98. The van der Waals surface area contributed by atoms with Gasteiger partial charge in [0.05, 0.1) is 26.6 Å². The van der Waals surface area contributed by atoms with Gasteiger partial charge in [-0.1, -0.05) is 0 Å². The second-order valence-electron chi connectivity index (χ2n) is 2.50. The van der Waals surface area contributed by atoms with Gasteiger partial charge in [0.1, 0.15) is 11.5 Å². The third kappa shape index (κ3) is 2.28. The third-order valence-electron chi connectivity index (χ3n) is 1.78. The number of methoxy groups -OCH3 is 2. The van der Waals surface area contributed by atoms with E-state index in [-0.39, 0.29) is 0 Å². The molecule has 13 heavy (non-hydrogen) atoms. The summed E-state index contributed by atoms with van der Waals surface area (Å²) in [5.41, 5.74) is 1.02. The topological polar surface area (TPSA) is 31.4 Å². The Morgan fingerprint density at radius 3 is 2.15 bits per heavy atom. The molecule has 72 valence electrons. The van der Waals surface area contributed by atoms with Crippen molar-refractivity contribution in [2.75, 3.05) is 20.0 Å². The molecule has 0 saturated heterocycles. The van der Waals surface area contributed by atoms with Crippen LogP contribution in [0.4, 0.5) is 0 Å². The van der Waals surface area contributed by atoms with E-state index in [9.17, 15) is 0 Å². The quantitative estimate of drug-likeness (QED) is 0.747. The van der Waals surface area contributed by atoms with E-state index in [1.165, 1.54) is 0 Å². The molecule has 0 aromatic carbocycles. The van der Waals surface area contributed by atoms with Gasteiger partial charge in [-0.25, -0.2) is 0 Å². The Morgan fingerprint density at radius 2 is 1.77 bits per heavy atom. The van der Waals surface area contributed by atoms with E-state index in [0.717, 1.165) is 29.2 Å². The summed E-state index contributed by atoms with van der Waals surface area (Å²) < 4.78 is 10.3. The number of hydrogen-bond donors (Lipinski definition) is 1. The molecule has 0 saturated carbocycles. The molecule has 0 aliphatic heterocycles. The molecule has 1 heterocycles. The summed E-state index contributed by atoms with van der Waals surface area (Å²) in [7, 11) is 3.25. The zero-order valence-electron chi connectivity index (χ0n) is 7.78. The molecule has 4 heteroatoms. The van der Waals surface area contributed by atoms with Crippen LogP contribution in [0.25, 0.3) is 0 Å². The number of aromatic nitrogens is 1. The monoisotopic (exact) mass is 199 g/mol. The van der Waals surface area contributed by atoms with Crippen LogP contribution in [0.3, 0.4) is 0 Å². The first-order valence-electron chi connectivity index (χ1n) is 3.99. The Kier molecular flexibility index (Phi) is 3.89. The van der Waals surface area contributed by atoms with Gasteiger partial charge in [0.15, 0.2) is 0 Å². The van der Waals surface area contributed by atoms with Gasteiger partial charge in [0, 0.05) is 5.56 Å².